The van der Waals surface area contributed by atoms with Crippen LogP contribution in [0.3, 0.4) is 0 Å². The monoisotopic (exact) mass is 451 g/mol. The number of halogens is 1. The molecule has 1 aromatic heterocycles. The number of ether oxygens (including phenoxy) is 2. The Morgan fingerprint density at radius 2 is 1.75 bits per heavy atom. The molecule has 4 rings (SSSR count). The Labute approximate surface area is 185 Å². The summed E-state index contributed by atoms with van der Waals surface area (Å²) in [5.41, 5.74) is 0.567. The molecule has 0 spiro atoms. The van der Waals surface area contributed by atoms with Gasteiger partial charge in [-0.25, -0.2) is 4.79 Å². The van der Waals surface area contributed by atoms with Gasteiger partial charge in [0.2, 0.25) is 11.2 Å². The number of nitro groups is 1. The molecule has 0 unspecified atom stereocenters. The zero-order valence-electron chi connectivity index (χ0n) is 16.5. The molecule has 0 aliphatic carbocycles. The van der Waals surface area contributed by atoms with E-state index in [1.807, 2.05) is 19.1 Å². The SMILES string of the molecule is Cc1ccc(Oc2coc3cc(OC(=O)c4ccc([N+](=O)[O-])cc4Cl)ccc3c2=O)cc1. The summed E-state index contributed by atoms with van der Waals surface area (Å²) in [5.74, 6) is -0.199. The molecule has 0 aliphatic rings. The highest BCUT2D eigenvalue weighted by Crippen LogP contribution is 2.27. The molecule has 3 aromatic carbocycles. The summed E-state index contributed by atoms with van der Waals surface area (Å²) in [4.78, 5) is 35.3. The first-order valence-electron chi connectivity index (χ1n) is 9.28. The van der Waals surface area contributed by atoms with Gasteiger partial charge in [-0.15, -0.1) is 0 Å². The molecule has 0 aliphatic heterocycles. The maximum Gasteiger partial charge on any atom is 0.345 e. The van der Waals surface area contributed by atoms with Crippen LogP contribution in [0.25, 0.3) is 11.0 Å². The minimum absolute atomic E-state index is 0.0174. The lowest BCUT2D eigenvalue weighted by atomic mass is 10.2. The molecule has 1 heterocycles. The molecule has 0 atom stereocenters. The van der Waals surface area contributed by atoms with Gasteiger partial charge in [-0.05, 0) is 37.3 Å². The Bertz CT molecular complexity index is 1410. The van der Waals surface area contributed by atoms with Crippen LogP contribution < -0.4 is 14.9 Å². The first-order valence-corrected chi connectivity index (χ1v) is 9.66. The van der Waals surface area contributed by atoms with Crippen molar-refractivity contribution in [2.24, 2.45) is 0 Å². The smallest absolute Gasteiger partial charge is 0.345 e. The molecule has 0 saturated carbocycles. The van der Waals surface area contributed by atoms with Crippen LogP contribution in [-0.4, -0.2) is 10.9 Å². The Morgan fingerprint density at radius 3 is 2.44 bits per heavy atom. The fourth-order valence-electron chi connectivity index (χ4n) is 2.90. The van der Waals surface area contributed by atoms with Crippen LogP contribution in [0.15, 0.2) is 76.1 Å². The number of nitrogens with zero attached hydrogens (tertiary/aromatic N) is 1. The Balaban J connectivity index is 1.57. The Hall–Kier alpha value is -4.17. The fourth-order valence-corrected chi connectivity index (χ4v) is 3.16. The van der Waals surface area contributed by atoms with E-state index in [4.69, 9.17) is 25.5 Å². The van der Waals surface area contributed by atoms with Gasteiger partial charge in [-0.3, -0.25) is 14.9 Å². The zero-order chi connectivity index (χ0) is 22.8. The van der Waals surface area contributed by atoms with Crippen molar-refractivity contribution in [3.8, 4) is 17.2 Å². The van der Waals surface area contributed by atoms with Crippen LogP contribution in [0.1, 0.15) is 15.9 Å². The third kappa shape index (κ3) is 4.30. The summed E-state index contributed by atoms with van der Waals surface area (Å²) < 4.78 is 16.4. The fraction of sp³-hybridized carbons (Fsp3) is 0.0435. The van der Waals surface area contributed by atoms with Gasteiger partial charge in [-0.2, -0.15) is 0 Å². The second-order valence-corrected chi connectivity index (χ2v) is 7.22. The third-order valence-electron chi connectivity index (χ3n) is 4.56. The summed E-state index contributed by atoms with van der Waals surface area (Å²) in [5, 5.41) is 10.9. The van der Waals surface area contributed by atoms with E-state index in [1.165, 1.54) is 30.5 Å². The van der Waals surface area contributed by atoms with Crippen molar-refractivity contribution in [2.75, 3.05) is 0 Å². The highest BCUT2D eigenvalue weighted by Gasteiger charge is 2.18. The average molecular weight is 452 g/mol. The topological polar surface area (TPSA) is 109 Å². The number of non-ortho nitro benzene ring substituents is 1. The predicted octanol–water partition coefficient (Wildman–Crippen LogP) is 5.67. The maximum atomic E-state index is 12.7. The Morgan fingerprint density at radius 1 is 1.03 bits per heavy atom. The number of nitro benzene ring substituents is 1. The highest BCUT2D eigenvalue weighted by molar-refractivity contribution is 6.33. The van der Waals surface area contributed by atoms with Gasteiger partial charge in [0, 0.05) is 18.2 Å². The molecule has 8 nitrogen and oxygen atoms in total. The molecule has 0 saturated heterocycles. The maximum absolute atomic E-state index is 12.7. The molecule has 0 amide bonds. The van der Waals surface area contributed by atoms with E-state index in [1.54, 1.807) is 12.1 Å². The van der Waals surface area contributed by atoms with Crippen LogP contribution in [0.2, 0.25) is 5.02 Å². The minimum atomic E-state index is -0.814. The van der Waals surface area contributed by atoms with Gasteiger partial charge in [0.25, 0.3) is 5.69 Å². The molecule has 0 N–H and O–H groups in total. The summed E-state index contributed by atoms with van der Waals surface area (Å²) in [7, 11) is 0. The van der Waals surface area contributed by atoms with Crippen LogP contribution in [-0.2, 0) is 0 Å². The lowest BCUT2D eigenvalue weighted by molar-refractivity contribution is -0.384. The second-order valence-electron chi connectivity index (χ2n) is 6.81. The van der Waals surface area contributed by atoms with Crippen LogP contribution in [0.5, 0.6) is 17.2 Å². The largest absolute Gasteiger partial charge is 0.460 e. The van der Waals surface area contributed by atoms with E-state index in [2.05, 4.69) is 0 Å². The highest BCUT2D eigenvalue weighted by atomic mass is 35.5. The average Bonchev–Trinajstić information content (AvgIpc) is 2.77. The summed E-state index contributed by atoms with van der Waals surface area (Å²) in [6, 6.07) is 14.9. The number of aryl methyl sites for hydroxylation is 1. The van der Waals surface area contributed by atoms with Crippen LogP contribution in [0, 0.1) is 17.0 Å². The molecule has 0 radical (unpaired) electrons. The number of fused-ring (bicyclic) bond motifs is 1. The van der Waals surface area contributed by atoms with E-state index >= 15 is 0 Å². The first-order chi connectivity index (χ1) is 15.3. The molecule has 0 bridgehead atoms. The molecule has 9 heteroatoms. The van der Waals surface area contributed by atoms with Gasteiger partial charge in [0.1, 0.15) is 23.3 Å². The van der Waals surface area contributed by atoms with Crippen molar-refractivity contribution in [2.45, 2.75) is 6.92 Å². The predicted molar refractivity (Wildman–Crippen MR) is 117 cm³/mol. The first kappa shape index (κ1) is 21.1. The van der Waals surface area contributed by atoms with Crippen molar-refractivity contribution in [3.05, 3.63) is 103 Å². The van der Waals surface area contributed by atoms with Crippen molar-refractivity contribution in [1.82, 2.24) is 0 Å². The van der Waals surface area contributed by atoms with Gasteiger partial charge in [-0.1, -0.05) is 29.3 Å². The molecule has 4 aromatic rings. The number of carbonyl (C=O) groups excluding carboxylic acids is 1. The van der Waals surface area contributed by atoms with Crippen molar-refractivity contribution >= 4 is 34.2 Å². The van der Waals surface area contributed by atoms with Crippen LogP contribution in [0.4, 0.5) is 5.69 Å². The van der Waals surface area contributed by atoms with E-state index < -0.39 is 10.9 Å². The molecular weight excluding hydrogens is 438 g/mol. The molecule has 0 fully saturated rings. The summed E-state index contributed by atoms with van der Waals surface area (Å²) >= 11 is 5.96. The minimum Gasteiger partial charge on any atom is -0.460 e. The van der Waals surface area contributed by atoms with Crippen molar-refractivity contribution < 1.29 is 23.6 Å². The van der Waals surface area contributed by atoms with Gasteiger partial charge < -0.3 is 13.9 Å². The molecular formula is C23H14ClNO7. The lowest BCUT2D eigenvalue weighted by Gasteiger charge is -2.08. The zero-order valence-corrected chi connectivity index (χ0v) is 17.3. The van der Waals surface area contributed by atoms with Gasteiger partial charge in [0.05, 0.1) is 20.9 Å². The van der Waals surface area contributed by atoms with Gasteiger partial charge >= 0.3 is 5.97 Å². The van der Waals surface area contributed by atoms with E-state index in [-0.39, 0.29) is 44.2 Å². The molecule has 32 heavy (non-hydrogen) atoms. The van der Waals surface area contributed by atoms with E-state index in [9.17, 15) is 19.7 Å². The van der Waals surface area contributed by atoms with E-state index in [0.717, 1.165) is 17.7 Å². The van der Waals surface area contributed by atoms with Gasteiger partial charge in [0.15, 0.2) is 0 Å². The molecule has 160 valence electrons. The standard InChI is InChI=1S/C23H14ClNO7/c1-13-2-5-15(6-3-13)31-21-12-30-20-11-16(7-9-18(20)22(21)26)32-23(27)17-8-4-14(25(28)29)10-19(17)24/h2-12H,1H3. The normalized spacial score (nSPS) is 10.7. The quantitative estimate of drug-likeness (QED) is 0.166. The number of benzene rings is 3. The Kier molecular flexibility index (Phi) is 5.61. The van der Waals surface area contributed by atoms with Crippen LogP contribution >= 0.6 is 11.6 Å². The summed E-state index contributed by atoms with van der Waals surface area (Å²) in [6.07, 6.45) is 1.18. The summed E-state index contributed by atoms with van der Waals surface area (Å²) in [6.45, 7) is 1.94. The number of rotatable bonds is 5. The van der Waals surface area contributed by atoms with E-state index in [0.29, 0.717) is 5.75 Å². The number of hydrogen-bond donors (Lipinski definition) is 0. The third-order valence-corrected chi connectivity index (χ3v) is 4.87. The lowest BCUT2D eigenvalue weighted by Crippen LogP contribution is -2.10. The number of carbonyl (C=O) groups is 1. The number of esters is 1. The van der Waals surface area contributed by atoms with Crippen molar-refractivity contribution in [1.29, 1.82) is 0 Å². The van der Waals surface area contributed by atoms with Crippen molar-refractivity contribution in [3.63, 3.8) is 0 Å². The second kappa shape index (κ2) is 8.52. The number of hydrogen-bond acceptors (Lipinski definition) is 7.